The molecule has 1 aromatic heterocycles. The van der Waals surface area contributed by atoms with E-state index in [-0.39, 0.29) is 0 Å². The van der Waals surface area contributed by atoms with Crippen LogP contribution in [0.1, 0.15) is 15.9 Å². The molecule has 0 radical (unpaired) electrons. The van der Waals surface area contributed by atoms with E-state index in [1.165, 1.54) is 4.90 Å². The molecule has 1 amide bonds. The number of hydrogen-bond acceptors (Lipinski definition) is 3. The molecule has 0 fully saturated rings. The molecule has 3 aromatic rings. The number of carbonyl (C=O) groups excluding carboxylic acids is 2. The lowest BCUT2D eigenvalue weighted by molar-refractivity contribution is -0.114. The summed E-state index contributed by atoms with van der Waals surface area (Å²) in [7, 11) is 0. The van der Waals surface area contributed by atoms with Crippen LogP contribution in [0.25, 0.3) is 17.2 Å². The van der Waals surface area contributed by atoms with Gasteiger partial charge in [0.15, 0.2) is 0 Å². The van der Waals surface area contributed by atoms with Gasteiger partial charge in [0.25, 0.3) is 11.7 Å². The Balaban J connectivity index is 1.60. The number of benzene rings is 2. The van der Waals surface area contributed by atoms with Crippen molar-refractivity contribution in [2.24, 2.45) is 0 Å². The number of fused-ring (bicyclic) bond motifs is 1. The van der Waals surface area contributed by atoms with E-state index in [2.05, 4.69) is 0 Å². The minimum atomic E-state index is -0.463. The maximum Gasteiger partial charge on any atom is 0.299 e. The number of anilines is 1. The minimum Gasteiger partial charge on any atom is -0.301 e. The molecule has 0 saturated carbocycles. The van der Waals surface area contributed by atoms with Gasteiger partial charge in [0.2, 0.25) is 0 Å². The molecule has 25 heavy (non-hydrogen) atoms. The molecule has 0 spiro atoms. The normalized spacial score (nSPS) is 13.7. The zero-order chi connectivity index (χ0) is 17.2. The van der Waals surface area contributed by atoms with E-state index >= 15 is 0 Å². The van der Waals surface area contributed by atoms with E-state index in [1.807, 2.05) is 77.5 Å². The highest BCUT2D eigenvalue weighted by Crippen LogP contribution is 2.33. The van der Waals surface area contributed by atoms with E-state index in [0.717, 1.165) is 16.7 Å². The first-order valence-corrected chi connectivity index (χ1v) is 8.93. The molecule has 0 N–H and O–H groups in total. The van der Waals surface area contributed by atoms with E-state index in [4.69, 9.17) is 0 Å². The fourth-order valence-corrected chi connectivity index (χ4v) is 3.61. The number of nitrogens with zero attached hydrogens (tertiary/aromatic N) is 1. The van der Waals surface area contributed by atoms with Crippen LogP contribution in [0.5, 0.6) is 0 Å². The lowest BCUT2D eigenvalue weighted by Gasteiger charge is -2.14. The van der Waals surface area contributed by atoms with Crippen LogP contribution >= 0.6 is 11.3 Å². The van der Waals surface area contributed by atoms with Crippen LogP contribution in [-0.4, -0.2) is 18.2 Å². The fraction of sp³-hybridized carbons (Fsp3) is 0.0476. The van der Waals surface area contributed by atoms with Crippen LogP contribution < -0.4 is 4.90 Å². The van der Waals surface area contributed by atoms with Crippen LogP contribution in [0.3, 0.4) is 0 Å². The van der Waals surface area contributed by atoms with Crippen molar-refractivity contribution in [2.45, 2.75) is 0 Å². The third-order valence-electron chi connectivity index (χ3n) is 4.22. The van der Waals surface area contributed by atoms with Gasteiger partial charge in [-0.1, -0.05) is 48.6 Å². The lowest BCUT2D eigenvalue weighted by Crippen LogP contribution is -2.29. The Morgan fingerprint density at radius 3 is 2.56 bits per heavy atom. The van der Waals surface area contributed by atoms with Crippen molar-refractivity contribution >= 4 is 34.8 Å². The smallest absolute Gasteiger partial charge is 0.299 e. The van der Waals surface area contributed by atoms with Crippen molar-refractivity contribution in [3.63, 3.8) is 0 Å². The highest BCUT2D eigenvalue weighted by atomic mass is 32.1. The molecule has 122 valence electrons. The molecular formula is C21H15NO2S. The van der Waals surface area contributed by atoms with E-state index < -0.39 is 11.7 Å². The quantitative estimate of drug-likeness (QED) is 0.645. The first-order valence-electron chi connectivity index (χ1n) is 7.98. The van der Waals surface area contributed by atoms with Crippen LogP contribution in [0.15, 0.2) is 71.4 Å². The molecule has 2 aromatic carbocycles. The third kappa shape index (κ3) is 2.92. The number of thiophene rings is 1. The average molecular weight is 345 g/mol. The van der Waals surface area contributed by atoms with Gasteiger partial charge in [-0.2, -0.15) is 11.3 Å². The van der Waals surface area contributed by atoms with E-state index in [0.29, 0.717) is 17.8 Å². The summed E-state index contributed by atoms with van der Waals surface area (Å²) in [4.78, 5) is 26.2. The summed E-state index contributed by atoms with van der Waals surface area (Å²) in [5.41, 5.74) is 4.26. The summed E-state index contributed by atoms with van der Waals surface area (Å²) < 4.78 is 0. The van der Waals surface area contributed by atoms with Gasteiger partial charge >= 0.3 is 0 Å². The average Bonchev–Trinajstić information content (AvgIpc) is 3.26. The maximum absolute atomic E-state index is 12.3. The van der Waals surface area contributed by atoms with Crippen molar-refractivity contribution in [1.29, 1.82) is 0 Å². The SMILES string of the molecule is O=C1C(=O)N(CC=Cc2ccccc2)c2ccc(-c3ccsc3)cc21. The first kappa shape index (κ1) is 15.5. The van der Waals surface area contributed by atoms with Crippen molar-refractivity contribution in [1.82, 2.24) is 0 Å². The summed E-state index contributed by atoms with van der Waals surface area (Å²) in [5, 5.41) is 4.03. The minimum absolute atomic E-state index is 0.379. The Kier molecular flexibility index (Phi) is 4.04. The van der Waals surface area contributed by atoms with Crippen LogP contribution in [0, 0.1) is 0 Å². The Morgan fingerprint density at radius 2 is 1.80 bits per heavy atom. The Labute approximate surface area is 149 Å². The van der Waals surface area contributed by atoms with Gasteiger partial charge in [0.05, 0.1) is 11.3 Å². The highest BCUT2D eigenvalue weighted by Gasteiger charge is 2.35. The molecule has 2 heterocycles. The molecule has 1 aliphatic heterocycles. The molecule has 0 saturated heterocycles. The summed E-state index contributed by atoms with van der Waals surface area (Å²) in [5.74, 6) is -0.893. The van der Waals surface area contributed by atoms with Gasteiger partial charge in [-0.25, -0.2) is 0 Å². The van der Waals surface area contributed by atoms with Crippen LogP contribution in [0.4, 0.5) is 5.69 Å². The largest absolute Gasteiger partial charge is 0.301 e. The first-order chi connectivity index (χ1) is 12.2. The summed E-state index contributed by atoms with van der Waals surface area (Å²) in [6.07, 6.45) is 3.86. The number of hydrogen-bond donors (Lipinski definition) is 0. The summed E-state index contributed by atoms with van der Waals surface area (Å²) in [6, 6.07) is 17.5. The maximum atomic E-state index is 12.3. The predicted octanol–water partition coefficient (Wildman–Crippen LogP) is 4.66. The monoisotopic (exact) mass is 345 g/mol. The van der Waals surface area contributed by atoms with Crippen LogP contribution in [-0.2, 0) is 4.79 Å². The van der Waals surface area contributed by atoms with E-state index in [9.17, 15) is 9.59 Å². The molecule has 0 bridgehead atoms. The van der Waals surface area contributed by atoms with Gasteiger partial charge in [-0.05, 0) is 45.6 Å². The second-order valence-corrected chi connectivity index (χ2v) is 6.58. The van der Waals surface area contributed by atoms with Gasteiger partial charge in [-0.3, -0.25) is 9.59 Å². The molecular weight excluding hydrogens is 330 g/mol. The molecule has 4 rings (SSSR count). The Morgan fingerprint density at radius 1 is 0.960 bits per heavy atom. The van der Waals surface area contributed by atoms with Crippen molar-refractivity contribution < 1.29 is 9.59 Å². The molecule has 0 aliphatic carbocycles. The molecule has 0 unspecified atom stereocenters. The number of carbonyl (C=O) groups is 2. The number of Topliss-reactive ketones (excluding diaryl/α,β-unsaturated/α-hetero) is 1. The van der Waals surface area contributed by atoms with Crippen LogP contribution in [0.2, 0.25) is 0 Å². The number of ketones is 1. The second-order valence-electron chi connectivity index (χ2n) is 5.80. The Bertz CT molecular complexity index is 959. The zero-order valence-corrected chi connectivity index (χ0v) is 14.2. The van der Waals surface area contributed by atoms with Crippen molar-refractivity contribution in [3.8, 4) is 11.1 Å². The molecule has 3 nitrogen and oxygen atoms in total. The number of rotatable bonds is 4. The van der Waals surface area contributed by atoms with E-state index in [1.54, 1.807) is 11.3 Å². The molecule has 1 aliphatic rings. The standard InChI is InChI=1S/C21H15NO2S/c23-20-18-13-16(17-10-12-25-14-17)8-9-19(18)22(21(20)24)11-4-7-15-5-2-1-3-6-15/h1-10,12-14H,11H2. The van der Waals surface area contributed by atoms with Crippen molar-refractivity contribution in [3.05, 3.63) is 82.6 Å². The van der Waals surface area contributed by atoms with Gasteiger partial charge < -0.3 is 4.90 Å². The fourth-order valence-electron chi connectivity index (χ4n) is 2.95. The topological polar surface area (TPSA) is 37.4 Å². The molecule has 0 atom stereocenters. The second kappa shape index (κ2) is 6.49. The zero-order valence-electron chi connectivity index (χ0n) is 13.4. The van der Waals surface area contributed by atoms with Gasteiger partial charge in [0.1, 0.15) is 0 Å². The summed E-state index contributed by atoms with van der Waals surface area (Å²) in [6.45, 7) is 0.379. The third-order valence-corrected chi connectivity index (χ3v) is 4.91. The van der Waals surface area contributed by atoms with Crippen molar-refractivity contribution in [2.75, 3.05) is 11.4 Å². The highest BCUT2D eigenvalue weighted by molar-refractivity contribution is 7.08. The molecule has 4 heteroatoms. The van der Waals surface area contributed by atoms with Gasteiger partial charge in [-0.15, -0.1) is 0 Å². The Hall–Kier alpha value is -2.98. The van der Waals surface area contributed by atoms with Gasteiger partial charge in [0, 0.05) is 6.54 Å². The lowest BCUT2D eigenvalue weighted by atomic mass is 10.0. The predicted molar refractivity (Wildman–Crippen MR) is 102 cm³/mol. The number of amides is 1. The summed E-state index contributed by atoms with van der Waals surface area (Å²) >= 11 is 1.61.